The van der Waals surface area contributed by atoms with E-state index in [4.69, 9.17) is 4.74 Å². The number of hydrogen-bond acceptors (Lipinski definition) is 3. The third-order valence-electron chi connectivity index (χ3n) is 4.21. The molecule has 20 heavy (non-hydrogen) atoms. The van der Waals surface area contributed by atoms with E-state index < -0.39 is 11.7 Å². The molecule has 0 aliphatic carbocycles. The van der Waals surface area contributed by atoms with Gasteiger partial charge in [0.2, 0.25) is 0 Å². The molecule has 1 aliphatic heterocycles. The Bertz CT molecular complexity index is 420. The van der Waals surface area contributed by atoms with E-state index in [1.54, 1.807) is 0 Å². The minimum absolute atomic E-state index is 0.000161. The molecule has 1 aliphatic rings. The van der Waals surface area contributed by atoms with Gasteiger partial charge in [-0.1, -0.05) is 37.3 Å². The number of aliphatic hydroxyl groups is 2. The van der Waals surface area contributed by atoms with Crippen molar-refractivity contribution in [3.05, 3.63) is 35.9 Å². The van der Waals surface area contributed by atoms with Gasteiger partial charge in [-0.2, -0.15) is 0 Å². The zero-order chi connectivity index (χ0) is 14.8. The Balaban J connectivity index is 2.13. The van der Waals surface area contributed by atoms with E-state index in [0.29, 0.717) is 19.4 Å². The molecule has 1 heterocycles. The molecule has 112 valence electrons. The van der Waals surface area contributed by atoms with E-state index >= 15 is 0 Å². The van der Waals surface area contributed by atoms with E-state index in [0.717, 1.165) is 6.42 Å². The van der Waals surface area contributed by atoms with Crippen molar-refractivity contribution < 1.29 is 14.9 Å². The van der Waals surface area contributed by atoms with Crippen LogP contribution in [0.5, 0.6) is 0 Å². The van der Waals surface area contributed by atoms with Crippen molar-refractivity contribution in [1.82, 2.24) is 0 Å². The molecule has 1 aromatic rings. The van der Waals surface area contributed by atoms with Gasteiger partial charge in [-0.05, 0) is 44.1 Å². The highest BCUT2D eigenvalue weighted by Gasteiger charge is 2.38. The van der Waals surface area contributed by atoms with Crippen LogP contribution in [0, 0.1) is 0 Å². The van der Waals surface area contributed by atoms with E-state index in [1.165, 1.54) is 5.56 Å². The topological polar surface area (TPSA) is 53.0 Å². The summed E-state index contributed by atoms with van der Waals surface area (Å²) in [6.45, 7) is 6.49. The highest BCUT2D eigenvalue weighted by molar-refractivity contribution is 5.25. The number of benzene rings is 1. The molecule has 2 rings (SSSR count). The molecule has 0 amide bonds. The van der Waals surface area contributed by atoms with Gasteiger partial charge < -0.3 is 14.9 Å². The number of epoxide rings is 1. The molecular weight excluding hydrogens is 252 g/mol. The van der Waals surface area contributed by atoms with Crippen molar-refractivity contribution >= 4 is 0 Å². The molecule has 0 aromatic heterocycles. The predicted octanol–water partition coefficient (Wildman–Crippen LogP) is 2.65. The van der Waals surface area contributed by atoms with Gasteiger partial charge in [0.15, 0.2) is 0 Å². The monoisotopic (exact) mass is 278 g/mol. The van der Waals surface area contributed by atoms with Crippen LogP contribution in [-0.2, 0) is 10.2 Å². The number of hydrogen-bond donors (Lipinski definition) is 2. The predicted molar refractivity (Wildman–Crippen MR) is 79.7 cm³/mol. The highest BCUT2D eigenvalue weighted by atomic mass is 16.6. The molecule has 3 unspecified atom stereocenters. The highest BCUT2D eigenvalue weighted by Crippen LogP contribution is 2.37. The van der Waals surface area contributed by atoms with Crippen molar-refractivity contribution in [3.63, 3.8) is 0 Å². The molecule has 3 nitrogen and oxygen atoms in total. The van der Waals surface area contributed by atoms with Gasteiger partial charge in [-0.15, -0.1) is 0 Å². The second-order valence-electron chi connectivity index (χ2n) is 6.88. The normalized spacial score (nSPS) is 23.1. The quantitative estimate of drug-likeness (QED) is 0.754. The minimum Gasteiger partial charge on any atom is -0.390 e. The average Bonchev–Trinajstić information content (AvgIpc) is 3.21. The Morgan fingerprint density at radius 1 is 1.20 bits per heavy atom. The van der Waals surface area contributed by atoms with Gasteiger partial charge in [0.05, 0.1) is 18.3 Å². The maximum absolute atomic E-state index is 10.2. The Hall–Kier alpha value is -0.900. The van der Waals surface area contributed by atoms with Crippen molar-refractivity contribution in [2.45, 2.75) is 63.3 Å². The molecule has 0 bridgehead atoms. The smallest absolute Gasteiger partial charge is 0.107 e. The van der Waals surface area contributed by atoms with Gasteiger partial charge in [-0.3, -0.25) is 0 Å². The van der Waals surface area contributed by atoms with Crippen molar-refractivity contribution in [2.24, 2.45) is 0 Å². The summed E-state index contributed by atoms with van der Waals surface area (Å²) in [6, 6.07) is 10.3. The lowest BCUT2D eigenvalue weighted by molar-refractivity contribution is 0.0511. The fourth-order valence-corrected chi connectivity index (χ4v) is 2.66. The molecule has 2 N–H and O–H groups in total. The van der Waals surface area contributed by atoms with Crippen LogP contribution in [0.1, 0.15) is 45.6 Å². The summed E-state index contributed by atoms with van der Waals surface area (Å²) in [4.78, 5) is 0. The lowest BCUT2D eigenvalue weighted by atomic mass is 9.72. The first-order valence-electron chi connectivity index (χ1n) is 7.38. The van der Waals surface area contributed by atoms with E-state index in [2.05, 4.69) is 19.1 Å². The number of rotatable bonds is 7. The van der Waals surface area contributed by atoms with Crippen LogP contribution >= 0.6 is 0 Å². The largest absolute Gasteiger partial charge is 0.390 e. The molecule has 3 atom stereocenters. The fraction of sp³-hybridized carbons (Fsp3) is 0.647. The van der Waals surface area contributed by atoms with Crippen LogP contribution in [0.4, 0.5) is 0 Å². The Morgan fingerprint density at radius 3 is 2.30 bits per heavy atom. The van der Waals surface area contributed by atoms with E-state index in [-0.39, 0.29) is 11.5 Å². The molecule has 1 aromatic carbocycles. The minimum atomic E-state index is -0.683. The summed E-state index contributed by atoms with van der Waals surface area (Å²) >= 11 is 0. The van der Waals surface area contributed by atoms with Gasteiger partial charge in [0.25, 0.3) is 0 Å². The summed E-state index contributed by atoms with van der Waals surface area (Å²) < 4.78 is 5.20. The van der Waals surface area contributed by atoms with Gasteiger partial charge in [0, 0.05) is 0 Å². The Labute approximate surface area is 121 Å². The van der Waals surface area contributed by atoms with Crippen LogP contribution < -0.4 is 0 Å². The second-order valence-corrected chi connectivity index (χ2v) is 6.88. The van der Waals surface area contributed by atoms with Crippen molar-refractivity contribution in [1.29, 1.82) is 0 Å². The average molecular weight is 278 g/mol. The van der Waals surface area contributed by atoms with Crippen LogP contribution in [0.15, 0.2) is 30.3 Å². The SMILES string of the molecule is CC(C)(O)CCC(C)(CC(O)C1CO1)c1ccccc1. The molecular formula is C17H26O3. The standard InChI is InChI=1S/C17H26O3/c1-16(2,19)9-10-17(3,11-14(18)15-12-20-15)13-7-5-4-6-8-13/h4-8,14-15,18-19H,9-12H2,1-3H3. The van der Waals surface area contributed by atoms with Crippen molar-refractivity contribution in [3.8, 4) is 0 Å². The third-order valence-corrected chi connectivity index (χ3v) is 4.21. The first-order valence-corrected chi connectivity index (χ1v) is 7.38. The summed E-state index contributed by atoms with van der Waals surface area (Å²) in [7, 11) is 0. The summed E-state index contributed by atoms with van der Waals surface area (Å²) in [6.07, 6.45) is 1.78. The fourth-order valence-electron chi connectivity index (χ4n) is 2.66. The maximum atomic E-state index is 10.2. The third kappa shape index (κ3) is 4.30. The van der Waals surface area contributed by atoms with Crippen molar-refractivity contribution in [2.75, 3.05) is 6.61 Å². The number of aliphatic hydroxyl groups excluding tert-OH is 1. The summed E-state index contributed by atoms with van der Waals surface area (Å²) in [5, 5.41) is 20.2. The lowest BCUT2D eigenvalue weighted by Crippen LogP contribution is -2.33. The molecule has 0 saturated carbocycles. The summed E-state index contributed by atoms with van der Waals surface area (Å²) in [5.74, 6) is 0. The number of ether oxygens (including phenoxy) is 1. The van der Waals surface area contributed by atoms with E-state index in [1.807, 2.05) is 32.0 Å². The first kappa shape index (κ1) is 15.5. The van der Waals surface area contributed by atoms with Gasteiger partial charge in [0.1, 0.15) is 6.10 Å². The molecule has 3 heteroatoms. The molecule has 1 fully saturated rings. The van der Waals surface area contributed by atoms with Crippen LogP contribution in [0.25, 0.3) is 0 Å². The lowest BCUT2D eigenvalue weighted by Gasteiger charge is -2.34. The van der Waals surface area contributed by atoms with E-state index in [9.17, 15) is 10.2 Å². The van der Waals surface area contributed by atoms with Gasteiger partial charge >= 0.3 is 0 Å². The van der Waals surface area contributed by atoms with Crippen LogP contribution in [0.3, 0.4) is 0 Å². The Morgan fingerprint density at radius 2 is 1.80 bits per heavy atom. The first-order chi connectivity index (χ1) is 9.30. The Kier molecular flexibility index (Phi) is 4.52. The summed E-state index contributed by atoms with van der Waals surface area (Å²) in [5.41, 5.74) is 0.382. The van der Waals surface area contributed by atoms with Crippen LogP contribution in [0.2, 0.25) is 0 Å². The molecule has 0 radical (unpaired) electrons. The molecule has 1 saturated heterocycles. The zero-order valence-electron chi connectivity index (χ0n) is 12.7. The zero-order valence-corrected chi connectivity index (χ0v) is 12.7. The van der Waals surface area contributed by atoms with Gasteiger partial charge in [-0.25, -0.2) is 0 Å². The van der Waals surface area contributed by atoms with Crippen LogP contribution in [-0.4, -0.2) is 34.6 Å². The maximum Gasteiger partial charge on any atom is 0.107 e. The molecule has 0 spiro atoms. The second kappa shape index (κ2) is 5.84.